The van der Waals surface area contributed by atoms with Crippen LogP contribution in [0.4, 0.5) is 0 Å². The van der Waals surface area contributed by atoms with Crippen molar-refractivity contribution in [1.29, 1.82) is 0 Å². The molecule has 0 atom stereocenters. The topological polar surface area (TPSA) is 51.8 Å². The van der Waals surface area contributed by atoms with Crippen molar-refractivity contribution < 1.29 is 0 Å². The summed E-state index contributed by atoms with van der Waals surface area (Å²) in [6.45, 7) is 4.78. The van der Waals surface area contributed by atoms with Gasteiger partial charge in [-0.2, -0.15) is 0 Å². The lowest BCUT2D eigenvalue weighted by atomic mass is 10.1. The number of hydrogen-bond acceptors (Lipinski definition) is 3. The van der Waals surface area contributed by atoms with Crippen molar-refractivity contribution >= 4 is 15.9 Å². The maximum Gasteiger partial charge on any atom is 0.160 e. The fourth-order valence-electron chi connectivity index (χ4n) is 2.14. The van der Waals surface area contributed by atoms with Crippen molar-refractivity contribution in [2.75, 3.05) is 6.54 Å². The Morgan fingerprint density at radius 1 is 1.11 bits per heavy atom. The van der Waals surface area contributed by atoms with E-state index in [1.165, 1.54) is 5.56 Å². The van der Waals surface area contributed by atoms with Crippen molar-refractivity contribution in [1.82, 2.24) is 9.97 Å². The van der Waals surface area contributed by atoms with Crippen LogP contribution in [0.15, 0.2) is 28.7 Å². The van der Waals surface area contributed by atoms with Gasteiger partial charge in [0.25, 0.3) is 0 Å². The lowest BCUT2D eigenvalue weighted by Crippen LogP contribution is -2.06. The molecule has 2 rings (SSSR count). The summed E-state index contributed by atoms with van der Waals surface area (Å²) in [6.07, 6.45) is 1.92. The maximum absolute atomic E-state index is 5.57. The molecule has 0 amide bonds. The number of aryl methyl sites for hydroxylation is 2. The molecular formula is C15H18BrN3. The number of hydrogen-bond donors (Lipinski definition) is 1. The van der Waals surface area contributed by atoms with Gasteiger partial charge >= 0.3 is 0 Å². The molecule has 0 fully saturated rings. The zero-order chi connectivity index (χ0) is 13.8. The number of nitrogens with zero attached hydrogens (tertiary/aromatic N) is 2. The lowest BCUT2D eigenvalue weighted by Gasteiger charge is -2.11. The summed E-state index contributed by atoms with van der Waals surface area (Å²) in [6, 6.07) is 8.02. The first-order valence-electron chi connectivity index (χ1n) is 6.42. The third-order valence-corrected chi connectivity index (χ3v) is 3.86. The van der Waals surface area contributed by atoms with Crippen molar-refractivity contribution in [3.05, 3.63) is 45.7 Å². The number of rotatable bonds is 4. The van der Waals surface area contributed by atoms with Crippen molar-refractivity contribution in [2.45, 2.75) is 26.7 Å². The molecule has 19 heavy (non-hydrogen) atoms. The van der Waals surface area contributed by atoms with Crippen LogP contribution < -0.4 is 5.73 Å². The van der Waals surface area contributed by atoms with E-state index in [1.54, 1.807) is 0 Å². The number of aromatic nitrogens is 2. The van der Waals surface area contributed by atoms with E-state index in [0.29, 0.717) is 6.54 Å². The molecule has 0 saturated carbocycles. The summed E-state index contributed by atoms with van der Waals surface area (Å²) in [7, 11) is 0. The molecule has 1 heterocycles. The van der Waals surface area contributed by atoms with Crippen LogP contribution in [-0.4, -0.2) is 16.5 Å². The van der Waals surface area contributed by atoms with Crippen molar-refractivity contribution in [2.24, 2.45) is 5.73 Å². The molecule has 0 aliphatic carbocycles. The standard InChI is InChI=1S/C15H18BrN3/c1-10-12(7-5-9-17)11(2)19-15(18-10)13-6-3-4-8-14(13)16/h3-4,6,8H,5,7,9,17H2,1-2H3. The van der Waals surface area contributed by atoms with Crippen LogP contribution in [-0.2, 0) is 6.42 Å². The summed E-state index contributed by atoms with van der Waals surface area (Å²) >= 11 is 3.55. The quantitative estimate of drug-likeness (QED) is 0.939. The molecule has 100 valence electrons. The minimum Gasteiger partial charge on any atom is -0.330 e. The average molecular weight is 320 g/mol. The van der Waals surface area contributed by atoms with E-state index < -0.39 is 0 Å². The van der Waals surface area contributed by atoms with Crippen LogP contribution >= 0.6 is 15.9 Å². The highest BCUT2D eigenvalue weighted by Crippen LogP contribution is 2.26. The maximum atomic E-state index is 5.57. The molecule has 0 unspecified atom stereocenters. The van der Waals surface area contributed by atoms with Gasteiger partial charge in [0.1, 0.15) is 0 Å². The Kier molecular flexibility index (Phi) is 4.66. The van der Waals surface area contributed by atoms with Gasteiger partial charge in [0.15, 0.2) is 5.82 Å². The van der Waals surface area contributed by atoms with E-state index in [0.717, 1.165) is 40.1 Å². The van der Waals surface area contributed by atoms with Crippen LogP contribution in [0.25, 0.3) is 11.4 Å². The molecular weight excluding hydrogens is 302 g/mol. The van der Waals surface area contributed by atoms with Gasteiger partial charge < -0.3 is 5.73 Å². The van der Waals surface area contributed by atoms with E-state index in [-0.39, 0.29) is 0 Å². The fourth-order valence-corrected chi connectivity index (χ4v) is 2.61. The van der Waals surface area contributed by atoms with Crippen molar-refractivity contribution in [3.8, 4) is 11.4 Å². The first-order valence-corrected chi connectivity index (χ1v) is 7.22. The monoisotopic (exact) mass is 319 g/mol. The van der Waals surface area contributed by atoms with Gasteiger partial charge in [-0.15, -0.1) is 0 Å². The predicted octanol–water partition coefficient (Wildman–Crippen LogP) is 3.41. The summed E-state index contributed by atoms with van der Waals surface area (Å²) < 4.78 is 1.02. The second-order valence-electron chi connectivity index (χ2n) is 4.57. The Morgan fingerprint density at radius 2 is 1.74 bits per heavy atom. The van der Waals surface area contributed by atoms with Gasteiger partial charge in [-0.05, 0) is 44.9 Å². The minimum absolute atomic E-state index is 0.699. The third-order valence-electron chi connectivity index (χ3n) is 3.17. The molecule has 3 nitrogen and oxygen atoms in total. The molecule has 4 heteroatoms. The van der Waals surface area contributed by atoms with E-state index in [2.05, 4.69) is 25.9 Å². The largest absolute Gasteiger partial charge is 0.330 e. The fraction of sp³-hybridized carbons (Fsp3) is 0.333. The summed E-state index contributed by atoms with van der Waals surface area (Å²) in [5.41, 5.74) is 9.92. The zero-order valence-corrected chi connectivity index (χ0v) is 12.9. The molecule has 0 saturated heterocycles. The first-order chi connectivity index (χ1) is 9.13. The molecule has 1 aromatic carbocycles. The zero-order valence-electron chi connectivity index (χ0n) is 11.3. The highest BCUT2D eigenvalue weighted by Gasteiger charge is 2.11. The molecule has 2 aromatic rings. The van der Waals surface area contributed by atoms with Crippen LogP contribution in [0.3, 0.4) is 0 Å². The van der Waals surface area contributed by atoms with Crippen molar-refractivity contribution in [3.63, 3.8) is 0 Å². The van der Waals surface area contributed by atoms with E-state index in [1.807, 2.05) is 38.1 Å². The van der Waals surface area contributed by atoms with Crippen LogP contribution in [0.2, 0.25) is 0 Å². The smallest absolute Gasteiger partial charge is 0.160 e. The summed E-state index contributed by atoms with van der Waals surface area (Å²) in [4.78, 5) is 9.27. The molecule has 0 aliphatic heterocycles. The third kappa shape index (κ3) is 3.19. The van der Waals surface area contributed by atoms with Gasteiger partial charge in [-0.1, -0.05) is 34.1 Å². The SMILES string of the molecule is Cc1nc(-c2ccccc2Br)nc(C)c1CCCN. The Labute approximate surface area is 122 Å². The van der Waals surface area contributed by atoms with Gasteiger partial charge in [0, 0.05) is 21.4 Å². The van der Waals surface area contributed by atoms with E-state index in [9.17, 15) is 0 Å². The average Bonchev–Trinajstić information content (AvgIpc) is 2.38. The molecule has 0 radical (unpaired) electrons. The van der Waals surface area contributed by atoms with Gasteiger partial charge in [0.05, 0.1) is 0 Å². The van der Waals surface area contributed by atoms with E-state index in [4.69, 9.17) is 5.73 Å². The van der Waals surface area contributed by atoms with E-state index >= 15 is 0 Å². The molecule has 0 aliphatic rings. The molecule has 0 spiro atoms. The Balaban J connectivity index is 2.43. The Hall–Kier alpha value is -1.26. The molecule has 1 aromatic heterocycles. The number of benzene rings is 1. The van der Waals surface area contributed by atoms with Crippen LogP contribution in [0.1, 0.15) is 23.4 Å². The van der Waals surface area contributed by atoms with Gasteiger partial charge in [-0.25, -0.2) is 9.97 Å². The van der Waals surface area contributed by atoms with Gasteiger partial charge in [-0.3, -0.25) is 0 Å². The molecule has 2 N–H and O–H groups in total. The molecule has 0 bridgehead atoms. The van der Waals surface area contributed by atoms with Crippen LogP contribution in [0, 0.1) is 13.8 Å². The minimum atomic E-state index is 0.699. The normalized spacial score (nSPS) is 10.7. The van der Waals surface area contributed by atoms with Crippen LogP contribution in [0.5, 0.6) is 0 Å². The summed E-state index contributed by atoms with van der Waals surface area (Å²) in [5, 5.41) is 0. The first kappa shape index (κ1) is 14.2. The number of nitrogens with two attached hydrogens (primary N) is 1. The Bertz CT molecular complexity index is 558. The highest BCUT2D eigenvalue weighted by molar-refractivity contribution is 9.10. The number of halogens is 1. The Morgan fingerprint density at radius 3 is 2.32 bits per heavy atom. The second kappa shape index (κ2) is 6.26. The van der Waals surface area contributed by atoms with Gasteiger partial charge in [0.2, 0.25) is 0 Å². The highest BCUT2D eigenvalue weighted by atomic mass is 79.9. The predicted molar refractivity (Wildman–Crippen MR) is 82.0 cm³/mol. The summed E-state index contributed by atoms with van der Waals surface area (Å²) in [5.74, 6) is 0.777. The lowest BCUT2D eigenvalue weighted by molar-refractivity contribution is 0.806. The second-order valence-corrected chi connectivity index (χ2v) is 5.42.